The number of amides is 2. The van der Waals surface area contributed by atoms with E-state index in [1.54, 1.807) is 0 Å². The predicted molar refractivity (Wildman–Crippen MR) is 121 cm³/mol. The molecule has 222 valence electrons. The number of likely N-dealkylation sites (tertiary alicyclic amines) is 1. The van der Waals surface area contributed by atoms with Crippen molar-refractivity contribution >= 4 is 29.1 Å². The van der Waals surface area contributed by atoms with Gasteiger partial charge in [0, 0.05) is 11.1 Å². The number of halogens is 11. The predicted octanol–water partition coefficient (Wildman–Crippen LogP) is 5.89. The first-order chi connectivity index (χ1) is 18.7. The number of carbonyl (C=O) groups excluding carboxylic acids is 2. The molecule has 2 aromatic carbocycles. The Hall–Kier alpha value is -3.56. The molecule has 0 aromatic heterocycles. The molecule has 2 aliphatic heterocycles. The minimum absolute atomic E-state index is 0.0522. The molecular formula is C24H16ClF10N3O3. The normalized spacial score (nSPS) is 21.4. The van der Waals surface area contributed by atoms with Crippen LogP contribution in [-0.2, 0) is 21.4 Å². The van der Waals surface area contributed by atoms with Gasteiger partial charge in [-0.05, 0) is 42.3 Å². The molecule has 2 atom stereocenters. The fraction of sp³-hybridized carbons (Fsp3) is 0.375. The highest BCUT2D eigenvalue weighted by molar-refractivity contribution is 6.30. The summed E-state index contributed by atoms with van der Waals surface area (Å²) >= 11 is 5.49. The third kappa shape index (κ3) is 5.78. The number of β-lactam (4-membered cyclic amide) rings is 1. The summed E-state index contributed by atoms with van der Waals surface area (Å²) in [5.74, 6) is -3.59. The highest BCUT2D eigenvalue weighted by atomic mass is 35.5. The zero-order chi connectivity index (χ0) is 30.7. The number of alkyl halides is 9. The summed E-state index contributed by atoms with van der Waals surface area (Å²) in [5.41, 5.74) is -7.26. The molecule has 41 heavy (non-hydrogen) atoms. The van der Waals surface area contributed by atoms with Crippen molar-refractivity contribution in [1.29, 1.82) is 0 Å². The summed E-state index contributed by atoms with van der Waals surface area (Å²) in [6.07, 6.45) is -16.5. The zero-order valence-electron chi connectivity index (χ0n) is 20.4. The standard InChI is InChI=1S/C24H16ClF10N3O3/c1-10-4-11(2-3-13(10)19(39)36-17-8-38(20(17)40)9-22(27,28)29)16-7-21(41-37-16,24(33,34)35)14-5-12(23(30,31)32)6-15(25)18(14)26/h2-6,17H,7-9H2,1H3,(H,36,39)/t17-,21-/m1/s1. The first kappa shape index (κ1) is 30.4. The van der Waals surface area contributed by atoms with Crippen LogP contribution < -0.4 is 5.32 Å². The fourth-order valence-electron chi connectivity index (χ4n) is 4.38. The molecule has 2 amide bonds. The quantitative estimate of drug-likeness (QED) is 0.335. The summed E-state index contributed by atoms with van der Waals surface area (Å²) < 4.78 is 135. The Kier molecular flexibility index (Phi) is 7.46. The van der Waals surface area contributed by atoms with Crippen LogP contribution in [0.1, 0.15) is 39.0 Å². The average molecular weight is 620 g/mol. The fourth-order valence-corrected chi connectivity index (χ4v) is 4.60. The van der Waals surface area contributed by atoms with Gasteiger partial charge in [-0.25, -0.2) is 4.39 Å². The van der Waals surface area contributed by atoms with Crippen molar-refractivity contribution in [1.82, 2.24) is 10.2 Å². The topological polar surface area (TPSA) is 71.0 Å². The summed E-state index contributed by atoms with van der Waals surface area (Å²) in [5, 5.41) is 4.41. The molecule has 0 spiro atoms. The molecule has 0 bridgehead atoms. The first-order valence-corrected chi connectivity index (χ1v) is 11.8. The lowest BCUT2D eigenvalue weighted by Crippen LogP contribution is -2.65. The van der Waals surface area contributed by atoms with Gasteiger partial charge in [0.1, 0.15) is 18.4 Å². The van der Waals surface area contributed by atoms with Gasteiger partial charge in [-0.15, -0.1) is 0 Å². The number of nitrogens with one attached hydrogen (secondary N) is 1. The Morgan fingerprint density at radius 3 is 2.32 bits per heavy atom. The molecule has 2 aromatic rings. The van der Waals surface area contributed by atoms with Gasteiger partial charge >= 0.3 is 18.5 Å². The Labute approximate surface area is 228 Å². The summed E-state index contributed by atoms with van der Waals surface area (Å²) in [6, 6.07) is 2.33. The van der Waals surface area contributed by atoms with Crippen molar-refractivity contribution in [2.24, 2.45) is 5.16 Å². The highest BCUT2D eigenvalue weighted by Gasteiger charge is 2.64. The number of aryl methyl sites for hydroxylation is 1. The van der Waals surface area contributed by atoms with Crippen LogP contribution in [0.5, 0.6) is 0 Å². The molecule has 2 heterocycles. The molecule has 2 aliphatic rings. The molecule has 0 saturated carbocycles. The van der Waals surface area contributed by atoms with Crippen LogP contribution in [0.3, 0.4) is 0 Å². The molecule has 1 fully saturated rings. The largest absolute Gasteiger partial charge is 0.435 e. The Bertz CT molecular complexity index is 1440. The van der Waals surface area contributed by atoms with Gasteiger partial charge in [-0.1, -0.05) is 22.8 Å². The van der Waals surface area contributed by atoms with Crippen LogP contribution in [0, 0.1) is 12.7 Å². The minimum Gasteiger partial charge on any atom is -0.374 e. The second kappa shape index (κ2) is 10.1. The maximum absolute atomic E-state index is 14.7. The second-order valence-corrected chi connectivity index (χ2v) is 9.75. The van der Waals surface area contributed by atoms with Gasteiger partial charge in [-0.2, -0.15) is 39.5 Å². The van der Waals surface area contributed by atoms with Crippen LogP contribution in [0.25, 0.3) is 0 Å². The van der Waals surface area contributed by atoms with Gasteiger partial charge < -0.3 is 15.1 Å². The Morgan fingerprint density at radius 2 is 1.78 bits per heavy atom. The van der Waals surface area contributed by atoms with E-state index in [1.807, 2.05) is 0 Å². The highest BCUT2D eigenvalue weighted by Crippen LogP contribution is 2.51. The molecule has 1 N–H and O–H groups in total. The number of benzene rings is 2. The van der Waals surface area contributed by atoms with Gasteiger partial charge in [-0.3, -0.25) is 9.59 Å². The monoisotopic (exact) mass is 619 g/mol. The SMILES string of the molecule is Cc1cc(C2=NO[C@](c3cc(C(F)(F)F)cc(Cl)c3F)(C(F)(F)F)C2)ccc1C(=O)N[C@@H]1CN(CC(F)(F)F)C1=O. The lowest BCUT2D eigenvalue weighted by Gasteiger charge is -2.38. The molecule has 0 radical (unpaired) electrons. The van der Waals surface area contributed by atoms with Gasteiger partial charge in [0.15, 0.2) is 0 Å². The van der Waals surface area contributed by atoms with E-state index in [2.05, 4.69) is 15.3 Å². The smallest absolute Gasteiger partial charge is 0.374 e. The van der Waals surface area contributed by atoms with E-state index < -0.39 is 82.6 Å². The van der Waals surface area contributed by atoms with Crippen LogP contribution in [-0.4, -0.2) is 53.9 Å². The average Bonchev–Trinajstić information content (AvgIpc) is 3.30. The number of hydrogen-bond donors (Lipinski definition) is 1. The van der Waals surface area contributed by atoms with Crippen molar-refractivity contribution in [2.45, 2.75) is 43.5 Å². The molecule has 1 saturated heterocycles. The maximum atomic E-state index is 14.7. The third-order valence-electron chi connectivity index (χ3n) is 6.47. The molecular weight excluding hydrogens is 604 g/mol. The minimum atomic E-state index is -5.46. The number of oxime groups is 1. The van der Waals surface area contributed by atoms with Gasteiger partial charge in [0.05, 0.1) is 29.3 Å². The summed E-state index contributed by atoms with van der Waals surface area (Å²) in [4.78, 5) is 29.6. The van der Waals surface area contributed by atoms with E-state index in [1.165, 1.54) is 13.0 Å². The number of hydrogen-bond acceptors (Lipinski definition) is 4. The summed E-state index contributed by atoms with van der Waals surface area (Å²) in [6.45, 7) is -0.506. The van der Waals surface area contributed by atoms with E-state index in [9.17, 15) is 53.5 Å². The van der Waals surface area contributed by atoms with E-state index in [-0.39, 0.29) is 35.4 Å². The van der Waals surface area contributed by atoms with Crippen molar-refractivity contribution in [3.8, 4) is 0 Å². The lowest BCUT2D eigenvalue weighted by molar-refractivity contribution is -0.276. The van der Waals surface area contributed by atoms with Crippen LogP contribution in [0.15, 0.2) is 35.5 Å². The van der Waals surface area contributed by atoms with Crippen molar-refractivity contribution in [3.05, 3.63) is 69.0 Å². The van der Waals surface area contributed by atoms with E-state index in [0.717, 1.165) is 12.1 Å². The third-order valence-corrected chi connectivity index (χ3v) is 6.74. The second-order valence-electron chi connectivity index (χ2n) is 9.34. The Balaban J connectivity index is 1.56. The summed E-state index contributed by atoms with van der Waals surface area (Å²) in [7, 11) is 0. The lowest BCUT2D eigenvalue weighted by atomic mass is 9.85. The first-order valence-electron chi connectivity index (χ1n) is 11.4. The van der Waals surface area contributed by atoms with Crippen LogP contribution in [0.4, 0.5) is 43.9 Å². The molecule has 4 rings (SSSR count). The van der Waals surface area contributed by atoms with Crippen LogP contribution >= 0.6 is 11.6 Å². The van der Waals surface area contributed by atoms with Crippen molar-refractivity contribution in [3.63, 3.8) is 0 Å². The van der Waals surface area contributed by atoms with Crippen LogP contribution in [0.2, 0.25) is 5.02 Å². The van der Waals surface area contributed by atoms with E-state index in [4.69, 9.17) is 11.6 Å². The number of rotatable bonds is 5. The van der Waals surface area contributed by atoms with E-state index >= 15 is 0 Å². The number of carbonyl (C=O) groups is 2. The Morgan fingerprint density at radius 1 is 1.12 bits per heavy atom. The molecule has 0 unspecified atom stereocenters. The zero-order valence-corrected chi connectivity index (χ0v) is 21.1. The van der Waals surface area contributed by atoms with Crippen molar-refractivity contribution in [2.75, 3.05) is 13.1 Å². The van der Waals surface area contributed by atoms with Gasteiger partial charge in [0.25, 0.3) is 11.5 Å². The molecule has 17 heteroatoms. The van der Waals surface area contributed by atoms with Crippen molar-refractivity contribution < 1.29 is 58.3 Å². The maximum Gasteiger partial charge on any atom is 0.435 e. The number of nitrogens with zero attached hydrogens (tertiary/aromatic N) is 2. The molecule has 6 nitrogen and oxygen atoms in total. The molecule has 0 aliphatic carbocycles. The van der Waals surface area contributed by atoms with Gasteiger partial charge in [0.2, 0.25) is 5.91 Å². The van der Waals surface area contributed by atoms with E-state index in [0.29, 0.717) is 4.90 Å².